The van der Waals surface area contributed by atoms with Crippen LogP contribution in [0.5, 0.6) is 11.5 Å². The predicted octanol–water partition coefficient (Wildman–Crippen LogP) is 5.01. The maximum absolute atomic E-state index is 12.3. The van der Waals surface area contributed by atoms with Gasteiger partial charge in [-0.15, -0.1) is 0 Å². The Bertz CT molecular complexity index is 773. The number of Topliss-reactive ketones (excluding diaryl/α,β-unsaturated/α-hetero) is 1. The SMILES string of the molecule is COc1cc(C)c(/C(C)=C(/CCc2ccccc2)C(C)=O)c(OC)c1. The Morgan fingerprint density at radius 1 is 1.00 bits per heavy atom. The molecule has 25 heavy (non-hydrogen) atoms. The van der Waals surface area contributed by atoms with Crippen LogP contribution in [0.15, 0.2) is 48.0 Å². The van der Waals surface area contributed by atoms with Crippen LogP contribution >= 0.6 is 0 Å². The molecule has 0 unspecified atom stereocenters. The van der Waals surface area contributed by atoms with Gasteiger partial charge in [-0.3, -0.25) is 4.79 Å². The maximum Gasteiger partial charge on any atom is 0.156 e. The fourth-order valence-electron chi connectivity index (χ4n) is 3.17. The molecule has 0 saturated heterocycles. The van der Waals surface area contributed by atoms with Gasteiger partial charge in [-0.2, -0.15) is 0 Å². The Balaban J connectivity index is 2.44. The van der Waals surface area contributed by atoms with Crippen LogP contribution in [0.2, 0.25) is 0 Å². The van der Waals surface area contributed by atoms with Crippen molar-refractivity contribution >= 4 is 11.4 Å². The van der Waals surface area contributed by atoms with Gasteiger partial charge in [-0.05, 0) is 62.0 Å². The molecule has 0 aromatic heterocycles. The van der Waals surface area contributed by atoms with Gasteiger partial charge >= 0.3 is 0 Å². The van der Waals surface area contributed by atoms with Crippen LogP contribution in [0.25, 0.3) is 5.57 Å². The minimum atomic E-state index is 0.103. The third-order valence-electron chi connectivity index (χ3n) is 4.49. The summed E-state index contributed by atoms with van der Waals surface area (Å²) in [6.07, 6.45) is 1.55. The van der Waals surface area contributed by atoms with Crippen LogP contribution in [0.4, 0.5) is 0 Å². The van der Waals surface area contributed by atoms with E-state index >= 15 is 0 Å². The van der Waals surface area contributed by atoms with Gasteiger partial charge in [0, 0.05) is 11.6 Å². The van der Waals surface area contributed by atoms with Crippen molar-refractivity contribution in [2.75, 3.05) is 14.2 Å². The minimum Gasteiger partial charge on any atom is -0.497 e. The van der Waals surface area contributed by atoms with E-state index in [4.69, 9.17) is 9.47 Å². The van der Waals surface area contributed by atoms with E-state index in [1.54, 1.807) is 21.1 Å². The van der Waals surface area contributed by atoms with Crippen LogP contribution in [0.3, 0.4) is 0 Å². The second kappa shape index (κ2) is 8.52. The van der Waals surface area contributed by atoms with Gasteiger partial charge in [-0.25, -0.2) is 0 Å². The quantitative estimate of drug-likeness (QED) is 0.666. The summed E-state index contributed by atoms with van der Waals surface area (Å²) in [6.45, 7) is 5.65. The summed E-state index contributed by atoms with van der Waals surface area (Å²) in [7, 11) is 3.28. The smallest absolute Gasteiger partial charge is 0.156 e. The van der Waals surface area contributed by atoms with Crippen molar-refractivity contribution < 1.29 is 14.3 Å². The van der Waals surface area contributed by atoms with Gasteiger partial charge in [0.2, 0.25) is 0 Å². The third-order valence-corrected chi connectivity index (χ3v) is 4.49. The fraction of sp³-hybridized carbons (Fsp3) is 0.318. The molecule has 2 aromatic carbocycles. The summed E-state index contributed by atoms with van der Waals surface area (Å²) in [4.78, 5) is 12.3. The van der Waals surface area contributed by atoms with Crippen LogP contribution in [0, 0.1) is 6.92 Å². The Morgan fingerprint density at radius 3 is 2.24 bits per heavy atom. The fourth-order valence-corrected chi connectivity index (χ4v) is 3.17. The van der Waals surface area contributed by atoms with E-state index in [0.29, 0.717) is 6.42 Å². The summed E-state index contributed by atoms with van der Waals surface area (Å²) in [6, 6.07) is 14.1. The number of hydrogen-bond donors (Lipinski definition) is 0. The second-order valence-corrected chi connectivity index (χ2v) is 6.17. The topological polar surface area (TPSA) is 35.5 Å². The summed E-state index contributed by atoms with van der Waals surface area (Å²) in [5.41, 5.74) is 5.05. The highest BCUT2D eigenvalue weighted by atomic mass is 16.5. The molecular formula is C22H26O3. The first-order valence-corrected chi connectivity index (χ1v) is 8.45. The largest absolute Gasteiger partial charge is 0.497 e. The normalized spacial score (nSPS) is 11.7. The lowest BCUT2D eigenvalue weighted by Gasteiger charge is -2.17. The zero-order chi connectivity index (χ0) is 18.4. The number of benzene rings is 2. The maximum atomic E-state index is 12.3. The number of methoxy groups -OCH3 is 2. The second-order valence-electron chi connectivity index (χ2n) is 6.17. The molecule has 2 rings (SSSR count). The standard InChI is InChI=1S/C22H26O3/c1-15-13-19(24-4)14-21(25-5)22(15)16(2)20(17(3)23)12-11-18-9-7-6-8-10-18/h6-10,13-14H,11-12H2,1-5H3/b20-16-. The number of ketones is 1. The van der Waals surface area contributed by atoms with E-state index in [1.807, 2.05) is 44.2 Å². The number of hydrogen-bond acceptors (Lipinski definition) is 3. The van der Waals surface area contributed by atoms with Crippen molar-refractivity contribution in [1.82, 2.24) is 0 Å². The predicted molar refractivity (Wildman–Crippen MR) is 102 cm³/mol. The van der Waals surface area contributed by atoms with Crippen molar-refractivity contribution in [2.45, 2.75) is 33.6 Å². The number of carbonyl (C=O) groups is 1. The van der Waals surface area contributed by atoms with E-state index in [-0.39, 0.29) is 5.78 Å². The lowest BCUT2D eigenvalue weighted by molar-refractivity contribution is -0.113. The zero-order valence-electron chi connectivity index (χ0n) is 15.7. The Morgan fingerprint density at radius 2 is 1.68 bits per heavy atom. The van der Waals surface area contributed by atoms with Crippen LogP contribution in [-0.2, 0) is 11.2 Å². The molecule has 3 heteroatoms. The first-order chi connectivity index (χ1) is 12.0. The van der Waals surface area contributed by atoms with E-state index < -0.39 is 0 Å². The Labute approximate surface area is 150 Å². The van der Waals surface area contributed by atoms with Gasteiger partial charge in [-0.1, -0.05) is 30.3 Å². The molecule has 0 N–H and O–H groups in total. The first-order valence-electron chi connectivity index (χ1n) is 8.45. The molecule has 0 aliphatic carbocycles. The monoisotopic (exact) mass is 338 g/mol. The molecule has 132 valence electrons. The van der Waals surface area contributed by atoms with Crippen molar-refractivity contribution in [1.29, 1.82) is 0 Å². The summed E-state index contributed by atoms with van der Waals surface area (Å²) in [5, 5.41) is 0. The molecule has 0 atom stereocenters. The molecule has 0 spiro atoms. The summed E-state index contributed by atoms with van der Waals surface area (Å²) < 4.78 is 10.9. The van der Waals surface area contributed by atoms with Gasteiger partial charge in [0.05, 0.1) is 14.2 Å². The third kappa shape index (κ3) is 4.50. The lowest BCUT2D eigenvalue weighted by Crippen LogP contribution is -2.04. The molecule has 0 heterocycles. The van der Waals surface area contributed by atoms with E-state index in [0.717, 1.165) is 40.2 Å². The van der Waals surface area contributed by atoms with E-state index in [2.05, 4.69) is 12.1 Å². The first kappa shape index (κ1) is 18.8. The van der Waals surface area contributed by atoms with Crippen molar-refractivity contribution in [3.05, 3.63) is 64.7 Å². The average Bonchev–Trinajstić information content (AvgIpc) is 2.61. The molecule has 0 saturated carbocycles. The van der Waals surface area contributed by atoms with Crippen LogP contribution in [-0.4, -0.2) is 20.0 Å². The highest BCUT2D eigenvalue weighted by molar-refractivity contribution is 6.01. The molecule has 0 fully saturated rings. The van der Waals surface area contributed by atoms with Crippen LogP contribution < -0.4 is 9.47 Å². The highest BCUT2D eigenvalue weighted by Gasteiger charge is 2.17. The molecule has 0 amide bonds. The molecule has 3 nitrogen and oxygen atoms in total. The Hall–Kier alpha value is -2.55. The highest BCUT2D eigenvalue weighted by Crippen LogP contribution is 2.36. The molecule has 0 bridgehead atoms. The summed E-state index contributed by atoms with van der Waals surface area (Å²) >= 11 is 0. The van der Waals surface area contributed by atoms with Gasteiger partial charge in [0.15, 0.2) is 5.78 Å². The number of aryl methyl sites for hydroxylation is 2. The molecular weight excluding hydrogens is 312 g/mol. The number of carbonyl (C=O) groups excluding carboxylic acids is 1. The zero-order valence-corrected chi connectivity index (χ0v) is 15.7. The van der Waals surface area contributed by atoms with Crippen LogP contribution in [0.1, 0.15) is 37.0 Å². The molecule has 2 aromatic rings. The lowest BCUT2D eigenvalue weighted by atomic mass is 9.91. The van der Waals surface area contributed by atoms with Gasteiger partial charge in [0.1, 0.15) is 11.5 Å². The number of rotatable bonds is 7. The Kier molecular flexibility index (Phi) is 6.40. The van der Waals surface area contributed by atoms with Gasteiger partial charge < -0.3 is 9.47 Å². The van der Waals surface area contributed by atoms with Gasteiger partial charge in [0.25, 0.3) is 0 Å². The average molecular weight is 338 g/mol. The molecule has 0 aliphatic rings. The van der Waals surface area contributed by atoms with E-state index in [1.165, 1.54) is 5.56 Å². The van der Waals surface area contributed by atoms with Crippen molar-refractivity contribution in [2.24, 2.45) is 0 Å². The number of allylic oxidation sites excluding steroid dienone is 2. The van der Waals surface area contributed by atoms with E-state index in [9.17, 15) is 4.79 Å². The van der Waals surface area contributed by atoms with Crippen molar-refractivity contribution in [3.8, 4) is 11.5 Å². The molecule has 0 radical (unpaired) electrons. The minimum absolute atomic E-state index is 0.103. The van der Waals surface area contributed by atoms with Crippen molar-refractivity contribution in [3.63, 3.8) is 0 Å². The number of ether oxygens (including phenoxy) is 2. The summed E-state index contributed by atoms with van der Waals surface area (Å²) in [5.74, 6) is 1.58. The molecule has 0 aliphatic heterocycles.